The van der Waals surface area contributed by atoms with E-state index in [4.69, 9.17) is 4.52 Å². The number of hydrogen-bond donors (Lipinski definition) is 2. The Labute approximate surface area is 163 Å². The van der Waals surface area contributed by atoms with Crippen molar-refractivity contribution in [3.63, 3.8) is 0 Å². The monoisotopic (exact) mass is 384 g/mol. The van der Waals surface area contributed by atoms with Gasteiger partial charge >= 0.3 is 0 Å². The molecule has 0 aliphatic carbocycles. The molecule has 2 aromatic heterocycles. The number of guanidine groups is 1. The SMILES string of the molecule is CCc1noc(CC)c1CNC(=NC)NCc1ccc(-n2ccnc2)c(F)c1. The Bertz CT molecular complexity index is 911. The average Bonchev–Trinajstić information content (AvgIpc) is 3.37. The maximum atomic E-state index is 14.4. The Morgan fingerprint density at radius 2 is 2.04 bits per heavy atom. The van der Waals surface area contributed by atoms with Crippen molar-refractivity contribution in [1.82, 2.24) is 25.3 Å². The minimum Gasteiger partial charge on any atom is -0.361 e. The number of halogens is 1. The molecule has 28 heavy (non-hydrogen) atoms. The smallest absolute Gasteiger partial charge is 0.191 e. The van der Waals surface area contributed by atoms with Gasteiger partial charge in [0.15, 0.2) is 5.96 Å². The van der Waals surface area contributed by atoms with Gasteiger partial charge in [-0.1, -0.05) is 25.1 Å². The van der Waals surface area contributed by atoms with E-state index in [0.29, 0.717) is 24.7 Å². The van der Waals surface area contributed by atoms with Gasteiger partial charge in [-0.05, 0) is 24.1 Å². The third-order valence-corrected chi connectivity index (χ3v) is 4.52. The van der Waals surface area contributed by atoms with Crippen LogP contribution in [0.5, 0.6) is 0 Å². The van der Waals surface area contributed by atoms with Crippen LogP contribution >= 0.6 is 0 Å². The Balaban J connectivity index is 1.60. The molecular formula is C20H25FN6O. The Hall–Kier alpha value is -3.16. The Morgan fingerprint density at radius 1 is 1.21 bits per heavy atom. The van der Waals surface area contributed by atoms with Crippen LogP contribution in [0.2, 0.25) is 0 Å². The summed E-state index contributed by atoms with van der Waals surface area (Å²) < 4.78 is 21.4. The van der Waals surface area contributed by atoms with Crippen molar-refractivity contribution in [3.05, 3.63) is 65.3 Å². The topological polar surface area (TPSA) is 80.3 Å². The van der Waals surface area contributed by atoms with Gasteiger partial charge < -0.3 is 19.7 Å². The van der Waals surface area contributed by atoms with E-state index >= 15 is 0 Å². The minimum atomic E-state index is -0.301. The number of nitrogens with zero attached hydrogens (tertiary/aromatic N) is 4. The molecule has 0 saturated heterocycles. The van der Waals surface area contributed by atoms with E-state index < -0.39 is 0 Å². The van der Waals surface area contributed by atoms with E-state index in [1.54, 1.807) is 36.4 Å². The summed E-state index contributed by atoms with van der Waals surface area (Å²) in [6.07, 6.45) is 6.51. The number of benzene rings is 1. The van der Waals surface area contributed by atoms with Crippen LogP contribution in [0.3, 0.4) is 0 Å². The standard InChI is InChI=1S/C20H25FN6O/c1-4-17-15(19(5-2)28-26-17)12-25-20(22-3)24-11-14-6-7-18(16(21)10-14)27-9-8-23-13-27/h6-10,13H,4-5,11-12H2,1-3H3,(H2,22,24,25). The third kappa shape index (κ3) is 4.39. The third-order valence-electron chi connectivity index (χ3n) is 4.52. The van der Waals surface area contributed by atoms with Crippen LogP contribution in [0, 0.1) is 5.82 Å². The van der Waals surface area contributed by atoms with Crippen LogP contribution in [0.15, 0.2) is 46.4 Å². The lowest BCUT2D eigenvalue weighted by Gasteiger charge is -2.13. The summed E-state index contributed by atoms with van der Waals surface area (Å²) in [6, 6.07) is 5.13. The summed E-state index contributed by atoms with van der Waals surface area (Å²) in [5.74, 6) is 1.21. The summed E-state index contributed by atoms with van der Waals surface area (Å²) in [4.78, 5) is 8.18. The summed E-state index contributed by atoms with van der Waals surface area (Å²) in [5, 5.41) is 10.6. The molecular weight excluding hydrogens is 359 g/mol. The van der Waals surface area contributed by atoms with Gasteiger partial charge in [0.05, 0.1) is 17.7 Å². The van der Waals surface area contributed by atoms with Crippen molar-refractivity contribution in [2.24, 2.45) is 4.99 Å². The molecule has 0 aliphatic heterocycles. The Morgan fingerprint density at radius 3 is 2.68 bits per heavy atom. The predicted molar refractivity (Wildman–Crippen MR) is 106 cm³/mol. The highest BCUT2D eigenvalue weighted by molar-refractivity contribution is 5.79. The molecule has 0 aliphatic rings. The molecule has 0 bridgehead atoms. The summed E-state index contributed by atoms with van der Waals surface area (Å²) in [6.45, 7) is 5.11. The zero-order valence-electron chi connectivity index (χ0n) is 16.4. The molecule has 3 rings (SSSR count). The second kappa shape index (κ2) is 9.16. The molecule has 0 atom stereocenters. The van der Waals surface area contributed by atoms with Gasteiger partial charge in [0.1, 0.15) is 11.6 Å². The van der Waals surface area contributed by atoms with E-state index in [0.717, 1.165) is 35.4 Å². The van der Waals surface area contributed by atoms with Crippen molar-refractivity contribution < 1.29 is 8.91 Å². The fourth-order valence-electron chi connectivity index (χ4n) is 2.99. The fraction of sp³-hybridized carbons (Fsp3) is 0.350. The predicted octanol–water partition coefficient (Wildman–Crippen LogP) is 2.99. The van der Waals surface area contributed by atoms with E-state index in [-0.39, 0.29) is 5.82 Å². The first-order valence-corrected chi connectivity index (χ1v) is 9.33. The van der Waals surface area contributed by atoms with Gasteiger partial charge in [0, 0.05) is 44.5 Å². The van der Waals surface area contributed by atoms with Crippen molar-refractivity contribution in [2.45, 2.75) is 39.8 Å². The second-order valence-corrected chi connectivity index (χ2v) is 6.27. The number of hydrogen-bond acceptors (Lipinski definition) is 4. The van der Waals surface area contributed by atoms with Crippen molar-refractivity contribution in [2.75, 3.05) is 7.05 Å². The molecule has 1 aromatic carbocycles. The van der Waals surface area contributed by atoms with Gasteiger partial charge in [-0.2, -0.15) is 0 Å². The number of rotatable bonds is 7. The highest BCUT2D eigenvalue weighted by atomic mass is 19.1. The fourth-order valence-corrected chi connectivity index (χ4v) is 2.99. The van der Waals surface area contributed by atoms with Crippen LogP contribution in [-0.4, -0.2) is 27.7 Å². The van der Waals surface area contributed by atoms with Gasteiger partial charge in [-0.15, -0.1) is 0 Å². The Kier molecular flexibility index (Phi) is 6.41. The molecule has 0 fully saturated rings. The van der Waals surface area contributed by atoms with Crippen LogP contribution < -0.4 is 10.6 Å². The lowest BCUT2D eigenvalue weighted by Crippen LogP contribution is -2.36. The van der Waals surface area contributed by atoms with Crippen LogP contribution in [0.1, 0.15) is 36.4 Å². The van der Waals surface area contributed by atoms with Gasteiger partial charge in [-0.3, -0.25) is 4.99 Å². The molecule has 0 radical (unpaired) electrons. The normalized spacial score (nSPS) is 11.6. The van der Waals surface area contributed by atoms with E-state index in [1.807, 2.05) is 13.0 Å². The summed E-state index contributed by atoms with van der Waals surface area (Å²) >= 11 is 0. The minimum absolute atomic E-state index is 0.301. The lowest BCUT2D eigenvalue weighted by atomic mass is 10.1. The van der Waals surface area contributed by atoms with E-state index in [1.165, 1.54) is 6.07 Å². The summed E-state index contributed by atoms with van der Waals surface area (Å²) in [7, 11) is 1.70. The largest absolute Gasteiger partial charge is 0.361 e. The first-order valence-electron chi connectivity index (χ1n) is 9.33. The van der Waals surface area contributed by atoms with Gasteiger partial charge in [0.2, 0.25) is 0 Å². The van der Waals surface area contributed by atoms with Crippen LogP contribution in [0.4, 0.5) is 4.39 Å². The van der Waals surface area contributed by atoms with Crippen molar-refractivity contribution >= 4 is 5.96 Å². The molecule has 7 nitrogen and oxygen atoms in total. The average molecular weight is 384 g/mol. The second-order valence-electron chi connectivity index (χ2n) is 6.27. The van der Waals surface area contributed by atoms with Crippen molar-refractivity contribution in [3.8, 4) is 5.69 Å². The summed E-state index contributed by atoms with van der Waals surface area (Å²) in [5.41, 5.74) is 3.31. The molecule has 2 heterocycles. The molecule has 8 heteroatoms. The molecule has 3 aromatic rings. The van der Waals surface area contributed by atoms with Crippen LogP contribution in [-0.2, 0) is 25.9 Å². The maximum Gasteiger partial charge on any atom is 0.191 e. The highest BCUT2D eigenvalue weighted by Gasteiger charge is 2.13. The zero-order chi connectivity index (χ0) is 19.9. The molecule has 0 saturated carbocycles. The number of aryl methyl sites for hydroxylation is 2. The highest BCUT2D eigenvalue weighted by Crippen LogP contribution is 2.16. The van der Waals surface area contributed by atoms with E-state index in [9.17, 15) is 4.39 Å². The number of aromatic nitrogens is 3. The molecule has 0 spiro atoms. The van der Waals surface area contributed by atoms with Crippen LogP contribution in [0.25, 0.3) is 5.69 Å². The number of aliphatic imine (C=N–C) groups is 1. The van der Waals surface area contributed by atoms with Gasteiger partial charge in [0.25, 0.3) is 0 Å². The van der Waals surface area contributed by atoms with E-state index in [2.05, 4.69) is 32.7 Å². The lowest BCUT2D eigenvalue weighted by molar-refractivity contribution is 0.380. The quantitative estimate of drug-likeness (QED) is 0.484. The van der Waals surface area contributed by atoms with Crippen molar-refractivity contribution in [1.29, 1.82) is 0 Å². The maximum absolute atomic E-state index is 14.4. The molecule has 148 valence electrons. The molecule has 0 amide bonds. The first kappa shape index (κ1) is 19.6. The molecule has 0 unspecified atom stereocenters. The van der Waals surface area contributed by atoms with Gasteiger partial charge in [-0.25, -0.2) is 9.37 Å². The molecule has 2 N–H and O–H groups in total. The first-order chi connectivity index (χ1) is 13.7. The number of nitrogens with one attached hydrogen (secondary N) is 2. The number of imidazole rings is 1. The zero-order valence-corrected chi connectivity index (χ0v) is 16.4.